The molecule has 0 bridgehead atoms. The van der Waals surface area contributed by atoms with Gasteiger partial charge >= 0.3 is 0 Å². The number of halogens is 2. The highest BCUT2D eigenvalue weighted by atomic mass is 35.5. The summed E-state index contributed by atoms with van der Waals surface area (Å²) in [5.74, 6) is -0.229. The maximum Gasteiger partial charge on any atom is 0.251 e. The summed E-state index contributed by atoms with van der Waals surface area (Å²) in [5, 5.41) is 7.86. The fourth-order valence-electron chi connectivity index (χ4n) is 2.31. The van der Waals surface area contributed by atoms with Gasteiger partial charge < -0.3 is 5.32 Å². The number of hydrogen-bond donors (Lipinski definition) is 1. The van der Waals surface area contributed by atoms with Crippen molar-refractivity contribution in [2.45, 2.75) is 13.0 Å². The van der Waals surface area contributed by atoms with Gasteiger partial charge in [-0.15, -0.1) is 0 Å². The highest BCUT2D eigenvalue weighted by Crippen LogP contribution is 2.20. The summed E-state index contributed by atoms with van der Waals surface area (Å²) in [6, 6.07) is 12.3. The van der Waals surface area contributed by atoms with Crippen molar-refractivity contribution in [3.8, 4) is 5.69 Å². The Hall–Kier alpha value is -2.37. The highest BCUT2D eigenvalue weighted by molar-refractivity contribution is 6.35. The van der Waals surface area contributed by atoms with Crippen LogP contribution in [-0.4, -0.2) is 20.7 Å². The smallest absolute Gasteiger partial charge is 0.251 e. The third-order valence-electron chi connectivity index (χ3n) is 3.55. The molecule has 1 amide bonds. The predicted molar refractivity (Wildman–Crippen MR) is 93.7 cm³/mol. The van der Waals surface area contributed by atoms with Crippen molar-refractivity contribution in [3.05, 3.63) is 76.3 Å². The Labute approximate surface area is 149 Å². The molecule has 24 heavy (non-hydrogen) atoms. The van der Waals surface area contributed by atoms with E-state index in [4.69, 9.17) is 23.2 Å². The van der Waals surface area contributed by atoms with Crippen LogP contribution in [0.4, 0.5) is 0 Å². The van der Waals surface area contributed by atoms with E-state index < -0.39 is 0 Å². The quantitative estimate of drug-likeness (QED) is 0.762. The first-order valence-corrected chi connectivity index (χ1v) is 8.00. The molecule has 7 heteroatoms. The number of carbonyl (C=O) groups excluding carboxylic acids is 1. The van der Waals surface area contributed by atoms with Crippen LogP contribution in [0.5, 0.6) is 0 Å². The second-order valence-electron chi connectivity index (χ2n) is 5.28. The Morgan fingerprint density at radius 1 is 1.12 bits per heavy atom. The van der Waals surface area contributed by atoms with E-state index in [1.165, 1.54) is 6.33 Å². The molecule has 1 atom stereocenters. The molecular formula is C17H14Cl2N4O. The zero-order valence-corrected chi connectivity index (χ0v) is 14.3. The first-order valence-electron chi connectivity index (χ1n) is 7.25. The zero-order valence-electron chi connectivity index (χ0n) is 12.8. The number of amides is 1. The number of rotatable bonds is 4. The van der Waals surface area contributed by atoms with Crippen molar-refractivity contribution in [1.29, 1.82) is 0 Å². The van der Waals surface area contributed by atoms with Crippen LogP contribution in [-0.2, 0) is 0 Å². The van der Waals surface area contributed by atoms with Crippen molar-refractivity contribution in [2.24, 2.45) is 0 Å². The standard InChI is InChI=1S/C17H14Cl2N4O/c1-11(22-17(24)13-6-14(18)8-15(19)7-13)12-2-4-16(5-3-12)23-10-20-9-21-23/h2-11H,1H3,(H,22,24)/t11-/m1/s1. The second kappa shape index (κ2) is 7.03. The number of hydrogen-bond acceptors (Lipinski definition) is 3. The molecule has 0 fully saturated rings. The summed E-state index contributed by atoms with van der Waals surface area (Å²) < 4.78 is 1.67. The maximum absolute atomic E-state index is 12.3. The fraction of sp³-hybridized carbons (Fsp3) is 0.118. The molecule has 0 aliphatic rings. The minimum absolute atomic E-state index is 0.167. The molecule has 2 aromatic carbocycles. The van der Waals surface area contributed by atoms with Crippen LogP contribution in [0, 0.1) is 0 Å². The Morgan fingerprint density at radius 2 is 1.79 bits per heavy atom. The van der Waals surface area contributed by atoms with Gasteiger partial charge in [0.15, 0.2) is 0 Å². The summed E-state index contributed by atoms with van der Waals surface area (Å²) in [6.07, 6.45) is 3.11. The van der Waals surface area contributed by atoms with Gasteiger partial charge in [0.25, 0.3) is 5.91 Å². The highest BCUT2D eigenvalue weighted by Gasteiger charge is 2.13. The van der Waals surface area contributed by atoms with Gasteiger partial charge in [0.1, 0.15) is 12.7 Å². The third kappa shape index (κ3) is 3.75. The van der Waals surface area contributed by atoms with E-state index in [2.05, 4.69) is 15.4 Å². The normalized spacial score (nSPS) is 12.0. The SMILES string of the molecule is C[C@@H](NC(=O)c1cc(Cl)cc(Cl)c1)c1ccc(-n2cncn2)cc1. The van der Waals surface area contributed by atoms with E-state index in [9.17, 15) is 4.79 Å². The minimum atomic E-state index is -0.229. The molecule has 0 unspecified atom stereocenters. The Kier molecular flexibility index (Phi) is 4.83. The third-order valence-corrected chi connectivity index (χ3v) is 3.99. The summed E-state index contributed by atoms with van der Waals surface area (Å²) in [4.78, 5) is 16.3. The maximum atomic E-state index is 12.3. The molecule has 0 aliphatic heterocycles. The van der Waals surface area contributed by atoms with Gasteiger partial charge in [0.05, 0.1) is 11.7 Å². The molecule has 0 saturated heterocycles. The average molecular weight is 361 g/mol. The van der Waals surface area contributed by atoms with Crippen LogP contribution < -0.4 is 5.32 Å². The van der Waals surface area contributed by atoms with E-state index in [1.54, 1.807) is 29.2 Å². The molecule has 3 rings (SSSR count). The summed E-state index contributed by atoms with van der Waals surface area (Å²) >= 11 is 11.9. The van der Waals surface area contributed by atoms with Crippen LogP contribution in [0.3, 0.4) is 0 Å². The van der Waals surface area contributed by atoms with Crippen LogP contribution >= 0.6 is 23.2 Å². The van der Waals surface area contributed by atoms with Crippen molar-refractivity contribution in [2.75, 3.05) is 0 Å². The van der Waals surface area contributed by atoms with Crippen LogP contribution in [0.25, 0.3) is 5.69 Å². The molecule has 0 spiro atoms. The van der Waals surface area contributed by atoms with Gasteiger partial charge in [-0.2, -0.15) is 5.10 Å². The van der Waals surface area contributed by atoms with Crippen LogP contribution in [0.2, 0.25) is 10.0 Å². The van der Waals surface area contributed by atoms with E-state index in [-0.39, 0.29) is 11.9 Å². The monoisotopic (exact) mass is 360 g/mol. The second-order valence-corrected chi connectivity index (χ2v) is 6.16. The zero-order chi connectivity index (χ0) is 17.1. The van der Waals surface area contributed by atoms with Crippen molar-refractivity contribution >= 4 is 29.1 Å². The van der Waals surface area contributed by atoms with E-state index in [1.807, 2.05) is 31.2 Å². The van der Waals surface area contributed by atoms with Gasteiger partial charge in [-0.3, -0.25) is 4.79 Å². The largest absolute Gasteiger partial charge is 0.346 e. The van der Waals surface area contributed by atoms with Gasteiger partial charge in [-0.25, -0.2) is 9.67 Å². The lowest BCUT2D eigenvalue weighted by Crippen LogP contribution is -2.26. The molecule has 3 aromatic rings. The molecule has 0 aliphatic carbocycles. The molecular weight excluding hydrogens is 347 g/mol. The van der Waals surface area contributed by atoms with Gasteiger partial charge in [-0.05, 0) is 42.8 Å². The van der Waals surface area contributed by atoms with Crippen molar-refractivity contribution in [3.63, 3.8) is 0 Å². The summed E-state index contributed by atoms with van der Waals surface area (Å²) in [5.41, 5.74) is 2.30. The van der Waals surface area contributed by atoms with E-state index in [0.717, 1.165) is 11.3 Å². The topological polar surface area (TPSA) is 59.8 Å². The molecule has 0 saturated carbocycles. The number of aromatic nitrogens is 3. The Morgan fingerprint density at radius 3 is 2.38 bits per heavy atom. The summed E-state index contributed by atoms with van der Waals surface area (Å²) in [6.45, 7) is 1.91. The minimum Gasteiger partial charge on any atom is -0.346 e. The van der Waals surface area contributed by atoms with Crippen LogP contribution in [0.1, 0.15) is 28.9 Å². The molecule has 0 radical (unpaired) electrons. The van der Waals surface area contributed by atoms with Gasteiger partial charge in [0, 0.05) is 15.6 Å². The number of nitrogens with one attached hydrogen (secondary N) is 1. The fourth-order valence-corrected chi connectivity index (χ4v) is 2.83. The first-order chi connectivity index (χ1) is 11.5. The van der Waals surface area contributed by atoms with E-state index >= 15 is 0 Å². The lowest BCUT2D eigenvalue weighted by Gasteiger charge is -2.15. The molecule has 1 N–H and O–H groups in total. The Balaban J connectivity index is 1.72. The number of nitrogens with zero attached hydrogens (tertiary/aromatic N) is 3. The lowest BCUT2D eigenvalue weighted by molar-refractivity contribution is 0.0940. The van der Waals surface area contributed by atoms with E-state index in [0.29, 0.717) is 15.6 Å². The molecule has 1 aromatic heterocycles. The van der Waals surface area contributed by atoms with Crippen molar-refractivity contribution in [1.82, 2.24) is 20.1 Å². The van der Waals surface area contributed by atoms with Gasteiger partial charge in [-0.1, -0.05) is 35.3 Å². The predicted octanol–water partition coefficient (Wildman–Crippen LogP) is 4.07. The first kappa shape index (κ1) is 16.5. The lowest BCUT2D eigenvalue weighted by atomic mass is 10.1. The number of carbonyl (C=O) groups is 1. The average Bonchev–Trinajstić information content (AvgIpc) is 3.08. The molecule has 1 heterocycles. The van der Waals surface area contributed by atoms with Crippen LogP contribution in [0.15, 0.2) is 55.1 Å². The molecule has 122 valence electrons. The number of benzene rings is 2. The van der Waals surface area contributed by atoms with Crippen molar-refractivity contribution < 1.29 is 4.79 Å². The molecule has 5 nitrogen and oxygen atoms in total. The summed E-state index contributed by atoms with van der Waals surface area (Å²) in [7, 11) is 0. The Bertz CT molecular complexity index is 827. The van der Waals surface area contributed by atoms with Gasteiger partial charge in [0.2, 0.25) is 0 Å².